The van der Waals surface area contributed by atoms with Crippen molar-refractivity contribution in [2.75, 3.05) is 14.2 Å². The molecule has 1 aromatic rings. The van der Waals surface area contributed by atoms with Crippen molar-refractivity contribution in [2.45, 2.75) is 44.8 Å². The summed E-state index contributed by atoms with van der Waals surface area (Å²) in [6.07, 6.45) is 4.72. The molecule has 2 rings (SSSR count). The summed E-state index contributed by atoms with van der Waals surface area (Å²) < 4.78 is 11.0. The summed E-state index contributed by atoms with van der Waals surface area (Å²) in [5.41, 5.74) is 0.871. The molecule has 0 N–H and O–H groups in total. The van der Waals surface area contributed by atoms with Gasteiger partial charge in [-0.1, -0.05) is 13.3 Å². The van der Waals surface area contributed by atoms with Gasteiger partial charge in [-0.05, 0) is 25.2 Å². The fourth-order valence-corrected chi connectivity index (χ4v) is 3.72. The number of nitrogens with zero attached hydrogens (tertiary/aromatic N) is 1. The third-order valence-corrected chi connectivity index (χ3v) is 4.66. The van der Waals surface area contributed by atoms with Gasteiger partial charge in [0.1, 0.15) is 10.6 Å². The molecule has 0 radical (unpaired) electrons. The van der Waals surface area contributed by atoms with Crippen LogP contribution >= 0.6 is 11.3 Å². The van der Waals surface area contributed by atoms with Crippen LogP contribution in [0.1, 0.15) is 43.3 Å². The van der Waals surface area contributed by atoms with Crippen molar-refractivity contribution in [1.82, 2.24) is 4.98 Å². The molecule has 0 aliphatic heterocycles. The first-order valence-corrected chi connectivity index (χ1v) is 7.07. The van der Waals surface area contributed by atoms with Gasteiger partial charge in [0.05, 0.1) is 12.3 Å². The Hall–Kier alpha value is -0.450. The molecule has 1 heterocycles. The molecule has 2 unspecified atom stereocenters. The Balaban J connectivity index is 2.20. The summed E-state index contributed by atoms with van der Waals surface area (Å²) in [5, 5.41) is 3.21. The van der Waals surface area contributed by atoms with E-state index in [2.05, 4.69) is 17.3 Å². The quantitative estimate of drug-likeness (QED) is 0.827. The lowest BCUT2D eigenvalue weighted by Gasteiger charge is -2.37. The molecule has 0 bridgehead atoms. The standard InChI is InChI=1S/C13H21NO2S/c1-10-5-4-6-13(7-10,16-3)12-14-11(8-15-2)9-17-12/h9-10H,4-8H2,1-3H3. The molecule has 96 valence electrons. The second-order valence-electron chi connectivity index (χ2n) is 4.98. The van der Waals surface area contributed by atoms with E-state index in [-0.39, 0.29) is 5.60 Å². The van der Waals surface area contributed by atoms with Crippen molar-refractivity contribution in [3.05, 3.63) is 16.1 Å². The van der Waals surface area contributed by atoms with Crippen LogP contribution in [0.25, 0.3) is 0 Å². The summed E-state index contributed by atoms with van der Waals surface area (Å²) in [6.45, 7) is 2.89. The predicted molar refractivity (Wildman–Crippen MR) is 69.1 cm³/mol. The molecule has 1 aliphatic carbocycles. The highest BCUT2D eigenvalue weighted by Crippen LogP contribution is 2.43. The van der Waals surface area contributed by atoms with E-state index in [1.54, 1.807) is 18.4 Å². The highest BCUT2D eigenvalue weighted by molar-refractivity contribution is 7.09. The van der Waals surface area contributed by atoms with Gasteiger partial charge in [0.25, 0.3) is 0 Å². The van der Waals surface area contributed by atoms with Crippen molar-refractivity contribution in [3.8, 4) is 0 Å². The largest absolute Gasteiger partial charge is 0.378 e. The maximum absolute atomic E-state index is 5.83. The van der Waals surface area contributed by atoms with E-state index in [1.807, 2.05) is 7.11 Å². The average molecular weight is 255 g/mol. The molecule has 1 fully saturated rings. The van der Waals surface area contributed by atoms with E-state index < -0.39 is 0 Å². The topological polar surface area (TPSA) is 31.4 Å². The summed E-state index contributed by atoms with van der Waals surface area (Å²) in [7, 11) is 3.52. The fraction of sp³-hybridized carbons (Fsp3) is 0.769. The lowest BCUT2D eigenvalue weighted by molar-refractivity contribution is -0.0582. The first kappa shape index (κ1) is 13.0. The van der Waals surface area contributed by atoms with Crippen molar-refractivity contribution >= 4 is 11.3 Å². The molecule has 0 saturated heterocycles. The first-order valence-electron chi connectivity index (χ1n) is 6.19. The van der Waals surface area contributed by atoms with E-state index >= 15 is 0 Å². The monoisotopic (exact) mass is 255 g/mol. The van der Waals surface area contributed by atoms with Crippen LogP contribution in [-0.4, -0.2) is 19.2 Å². The van der Waals surface area contributed by atoms with Gasteiger partial charge in [0.15, 0.2) is 0 Å². The Morgan fingerprint density at radius 1 is 1.53 bits per heavy atom. The van der Waals surface area contributed by atoms with Crippen molar-refractivity contribution in [2.24, 2.45) is 5.92 Å². The second kappa shape index (κ2) is 5.46. The normalized spacial score (nSPS) is 29.5. The average Bonchev–Trinajstić information content (AvgIpc) is 2.78. The van der Waals surface area contributed by atoms with Gasteiger partial charge in [-0.2, -0.15) is 0 Å². The van der Waals surface area contributed by atoms with Gasteiger partial charge in [0, 0.05) is 19.6 Å². The third-order valence-electron chi connectivity index (χ3n) is 3.58. The SMILES string of the molecule is COCc1csc(C2(OC)CCCC(C)C2)n1. The number of hydrogen-bond acceptors (Lipinski definition) is 4. The zero-order valence-electron chi connectivity index (χ0n) is 10.9. The maximum atomic E-state index is 5.83. The van der Waals surface area contributed by atoms with Gasteiger partial charge in [0.2, 0.25) is 0 Å². The first-order chi connectivity index (χ1) is 8.20. The Morgan fingerprint density at radius 3 is 3.00 bits per heavy atom. The van der Waals surface area contributed by atoms with Gasteiger partial charge < -0.3 is 9.47 Å². The van der Waals surface area contributed by atoms with Gasteiger partial charge in [-0.25, -0.2) is 4.98 Å². The predicted octanol–water partition coefficient (Wildman–Crippen LogP) is 3.34. The van der Waals surface area contributed by atoms with Crippen LogP contribution in [0, 0.1) is 5.92 Å². The summed E-state index contributed by atoms with van der Waals surface area (Å²) >= 11 is 1.71. The summed E-state index contributed by atoms with van der Waals surface area (Å²) in [4.78, 5) is 4.67. The van der Waals surface area contributed by atoms with Gasteiger partial charge >= 0.3 is 0 Å². The van der Waals surface area contributed by atoms with Crippen LogP contribution in [-0.2, 0) is 21.7 Å². The Labute approximate surface area is 107 Å². The number of methoxy groups -OCH3 is 2. The molecule has 1 saturated carbocycles. The molecule has 3 nitrogen and oxygen atoms in total. The minimum atomic E-state index is -0.145. The zero-order chi connectivity index (χ0) is 12.3. The Bertz CT molecular complexity index is 366. The molecule has 1 aromatic heterocycles. The molecular weight excluding hydrogens is 234 g/mol. The van der Waals surface area contributed by atoms with Crippen LogP contribution in [0.5, 0.6) is 0 Å². The Morgan fingerprint density at radius 2 is 2.35 bits per heavy atom. The van der Waals surface area contributed by atoms with Gasteiger partial charge in [-0.15, -0.1) is 11.3 Å². The molecule has 0 aromatic carbocycles. The number of thiazole rings is 1. The lowest BCUT2D eigenvalue weighted by Crippen LogP contribution is -2.34. The van der Waals surface area contributed by atoms with E-state index in [0.717, 1.165) is 29.5 Å². The molecule has 1 aliphatic rings. The highest BCUT2D eigenvalue weighted by Gasteiger charge is 2.39. The van der Waals surface area contributed by atoms with Gasteiger partial charge in [-0.3, -0.25) is 0 Å². The van der Waals surface area contributed by atoms with Crippen LogP contribution in [0.4, 0.5) is 0 Å². The van der Waals surface area contributed by atoms with E-state index in [0.29, 0.717) is 6.61 Å². The van der Waals surface area contributed by atoms with Crippen LogP contribution in [0.3, 0.4) is 0 Å². The van der Waals surface area contributed by atoms with Crippen molar-refractivity contribution in [3.63, 3.8) is 0 Å². The van der Waals surface area contributed by atoms with Crippen molar-refractivity contribution in [1.29, 1.82) is 0 Å². The third kappa shape index (κ3) is 2.69. The Kier molecular flexibility index (Phi) is 4.17. The van der Waals surface area contributed by atoms with E-state index in [4.69, 9.17) is 9.47 Å². The number of hydrogen-bond donors (Lipinski definition) is 0. The second-order valence-corrected chi connectivity index (χ2v) is 5.84. The van der Waals surface area contributed by atoms with Crippen molar-refractivity contribution < 1.29 is 9.47 Å². The van der Waals surface area contributed by atoms with E-state index in [9.17, 15) is 0 Å². The molecule has 4 heteroatoms. The maximum Gasteiger partial charge on any atom is 0.125 e. The van der Waals surface area contributed by atoms with Crippen LogP contribution in [0.15, 0.2) is 5.38 Å². The fourth-order valence-electron chi connectivity index (χ4n) is 2.70. The number of aromatic nitrogens is 1. The highest BCUT2D eigenvalue weighted by atomic mass is 32.1. The molecule has 0 amide bonds. The minimum Gasteiger partial charge on any atom is -0.378 e. The van der Waals surface area contributed by atoms with Crippen LogP contribution in [0.2, 0.25) is 0 Å². The zero-order valence-corrected chi connectivity index (χ0v) is 11.7. The smallest absolute Gasteiger partial charge is 0.125 e. The minimum absolute atomic E-state index is 0.145. The molecule has 2 atom stereocenters. The number of ether oxygens (including phenoxy) is 2. The summed E-state index contributed by atoms with van der Waals surface area (Å²) in [5.74, 6) is 0.721. The molecular formula is C13H21NO2S. The number of rotatable bonds is 4. The summed E-state index contributed by atoms with van der Waals surface area (Å²) in [6, 6.07) is 0. The van der Waals surface area contributed by atoms with Crippen LogP contribution < -0.4 is 0 Å². The molecule has 17 heavy (non-hydrogen) atoms. The lowest BCUT2D eigenvalue weighted by atomic mass is 9.79. The van der Waals surface area contributed by atoms with E-state index in [1.165, 1.54) is 12.8 Å². The molecule has 0 spiro atoms.